The lowest BCUT2D eigenvalue weighted by molar-refractivity contribution is -0.129. The standard InChI is InChI=1S/C27H32N2O5/c1-5-28(6-2)16-17-29-25(20-13-15-22(33-3)23(18-20)34-4)24(26(31)27(29)32)21(30)14-12-19-10-8-7-9-11-19/h7-15,18,25,31H,5-6,16-17H2,1-4H3. The van der Waals surface area contributed by atoms with Gasteiger partial charge in [0.15, 0.2) is 23.0 Å². The minimum Gasteiger partial charge on any atom is -0.503 e. The molecule has 3 rings (SSSR count). The maximum atomic E-state index is 13.3. The minimum atomic E-state index is -0.740. The van der Waals surface area contributed by atoms with Gasteiger partial charge in [0.05, 0.1) is 25.8 Å². The maximum absolute atomic E-state index is 13.3. The van der Waals surface area contributed by atoms with E-state index in [0.717, 1.165) is 18.7 Å². The van der Waals surface area contributed by atoms with Gasteiger partial charge in [0.1, 0.15) is 0 Å². The van der Waals surface area contributed by atoms with Crippen LogP contribution in [0.5, 0.6) is 11.5 Å². The number of rotatable bonds is 11. The third kappa shape index (κ3) is 5.31. The number of benzene rings is 2. The zero-order valence-electron chi connectivity index (χ0n) is 20.2. The van der Waals surface area contributed by atoms with Crippen molar-refractivity contribution in [3.05, 3.63) is 77.1 Å². The monoisotopic (exact) mass is 464 g/mol. The summed E-state index contributed by atoms with van der Waals surface area (Å²) in [4.78, 5) is 30.1. The zero-order chi connectivity index (χ0) is 24.7. The number of likely N-dealkylation sites (N-methyl/N-ethyl adjacent to an activating group) is 1. The highest BCUT2D eigenvalue weighted by Crippen LogP contribution is 2.40. The predicted molar refractivity (Wildman–Crippen MR) is 132 cm³/mol. The second-order valence-corrected chi connectivity index (χ2v) is 7.91. The normalized spacial score (nSPS) is 16.1. The van der Waals surface area contributed by atoms with Gasteiger partial charge in [-0.25, -0.2) is 0 Å². The van der Waals surface area contributed by atoms with Crippen LogP contribution in [-0.4, -0.2) is 67.0 Å². The van der Waals surface area contributed by atoms with E-state index < -0.39 is 23.5 Å². The number of methoxy groups -OCH3 is 2. The Labute approximate surface area is 200 Å². The van der Waals surface area contributed by atoms with Crippen molar-refractivity contribution in [2.24, 2.45) is 0 Å². The van der Waals surface area contributed by atoms with Crippen LogP contribution in [0, 0.1) is 0 Å². The summed E-state index contributed by atoms with van der Waals surface area (Å²) < 4.78 is 10.8. The van der Waals surface area contributed by atoms with Crippen molar-refractivity contribution in [2.45, 2.75) is 19.9 Å². The molecular formula is C27H32N2O5. The van der Waals surface area contributed by atoms with Crippen LogP contribution in [0.2, 0.25) is 0 Å². The Morgan fingerprint density at radius 2 is 1.74 bits per heavy atom. The Kier molecular flexibility index (Phi) is 8.49. The number of carbonyl (C=O) groups is 2. The van der Waals surface area contributed by atoms with Crippen molar-refractivity contribution in [3.63, 3.8) is 0 Å². The van der Waals surface area contributed by atoms with Gasteiger partial charge in [-0.2, -0.15) is 0 Å². The van der Waals surface area contributed by atoms with Gasteiger partial charge < -0.3 is 24.4 Å². The average Bonchev–Trinajstić information content (AvgIpc) is 3.13. The van der Waals surface area contributed by atoms with Gasteiger partial charge in [-0.3, -0.25) is 9.59 Å². The molecule has 7 nitrogen and oxygen atoms in total. The molecule has 34 heavy (non-hydrogen) atoms. The highest BCUT2D eigenvalue weighted by molar-refractivity contribution is 6.14. The fourth-order valence-corrected chi connectivity index (χ4v) is 4.12. The largest absolute Gasteiger partial charge is 0.503 e. The lowest BCUT2D eigenvalue weighted by Gasteiger charge is -2.29. The zero-order valence-corrected chi connectivity index (χ0v) is 20.2. The molecule has 1 atom stereocenters. The Morgan fingerprint density at radius 1 is 1.06 bits per heavy atom. The highest BCUT2D eigenvalue weighted by atomic mass is 16.5. The molecule has 0 bridgehead atoms. The second-order valence-electron chi connectivity index (χ2n) is 7.91. The summed E-state index contributed by atoms with van der Waals surface area (Å²) in [5.74, 6) is -0.463. The Balaban J connectivity index is 2.01. The molecule has 1 N–H and O–H groups in total. The maximum Gasteiger partial charge on any atom is 0.290 e. The third-order valence-corrected chi connectivity index (χ3v) is 6.07. The Hall–Kier alpha value is -3.58. The molecule has 1 aliphatic rings. The number of ketones is 1. The van der Waals surface area contributed by atoms with Crippen LogP contribution in [0.3, 0.4) is 0 Å². The molecule has 0 fully saturated rings. The molecule has 0 aromatic heterocycles. The molecule has 2 aromatic rings. The molecule has 0 saturated heterocycles. The van der Waals surface area contributed by atoms with E-state index in [-0.39, 0.29) is 5.57 Å². The number of carbonyl (C=O) groups excluding carboxylic acids is 2. The van der Waals surface area contributed by atoms with Crippen LogP contribution >= 0.6 is 0 Å². The van der Waals surface area contributed by atoms with Gasteiger partial charge in [-0.15, -0.1) is 0 Å². The SMILES string of the molecule is CCN(CC)CCN1C(=O)C(O)=C(C(=O)C=Cc2ccccc2)C1c1ccc(OC)c(OC)c1. The average molecular weight is 465 g/mol. The molecule has 1 aliphatic heterocycles. The first-order valence-corrected chi connectivity index (χ1v) is 11.4. The minimum absolute atomic E-state index is 0.0592. The molecule has 0 spiro atoms. The summed E-state index contributed by atoms with van der Waals surface area (Å²) in [6.45, 7) is 6.77. The van der Waals surface area contributed by atoms with Gasteiger partial charge in [0.2, 0.25) is 0 Å². The fourth-order valence-electron chi connectivity index (χ4n) is 4.12. The van der Waals surface area contributed by atoms with E-state index in [1.807, 2.05) is 30.3 Å². The van der Waals surface area contributed by atoms with Crippen molar-refractivity contribution >= 4 is 17.8 Å². The van der Waals surface area contributed by atoms with Gasteiger partial charge >= 0.3 is 0 Å². The lowest BCUT2D eigenvalue weighted by atomic mass is 9.95. The molecular weight excluding hydrogens is 432 g/mol. The van der Waals surface area contributed by atoms with Crippen molar-refractivity contribution in [2.75, 3.05) is 40.4 Å². The molecule has 1 unspecified atom stereocenters. The Morgan fingerprint density at radius 3 is 2.35 bits per heavy atom. The van der Waals surface area contributed by atoms with E-state index in [1.165, 1.54) is 13.2 Å². The van der Waals surface area contributed by atoms with E-state index in [2.05, 4.69) is 18.7 Å². The smallest absolute Gasteiger partial charge is 0.290 e. The number of allylic oxidation sites excluding steroid dienone is 1. The van der Waals surface area contributed by atoms with Crippen LogP contribution in [-0.2, 0) is 9.59 Å². The first-order valence-electron chi connectivity index (χ1n) is 11.4. The third-order valence-electron chi connectivity index (χ3n) is 6.07. The summed E-state index contributed by atoms with van der Waals surface area (Å²) in [7, 11) is 3.07. The van der Waals surface area contributed by atoms with E-state index >= 15 is 0 Å². The number of hydrogen-bond donors (Lipinski definition) is 1. The van der Waals surface area contributed by atoms with Crippen LogP contribution in [0.4, 0.5) is 0 Å². The quantitative estimate of drug-likeness (QED) is 0.506. The molecule has 1 amide bonds. The first-order chi connectivity index (χ1) is 16.4. The van der Waals surface area contributed by atoms with Crippen LogP contribution in [0.25, 0.3) is 6.08 Å². The Bertz CT molecular complexity index is 1070. The second kappa shape index (κ2) is 11.5. The first kappa shape index (κ1) is 25.1. The number of amides is 1. The van der Waals surface area contributed by atoms with Crippen LogP contribution in [0.15, 0.2) is 65.9 Å². The summed E-state index contributed by atoms with van der Waals surface area (Å²) >= 11 is 0. The van der Waals surface area contributed by atoms with Crippen molar-refractivity contribution in [1.29, 1.82) is 0 Å². The van der Waals surface area contributed by atoms with E-state index in [1.54, 1.807) is 36.3 Å². The van der Waals surface area contributed by atoms with Crippen LogP contribution in [0.1, 0.15) is 31.0 Å². The van der Waals surface area contributed by atoms with Gasteiger partial charge in [0, 0.05) is 13.1 Å². The number of ether oxygens (including phenoxy) is 2. The molecule has 0 saturated carbocycles. The number of hydrogen-bond acceptors (Lipinski definition) is 6. The van der Waals surface area contributed by atoms with Crippen molar-refractivity contribution in [3.8, 4) is 11.5 Å². The molecule has 0 radical (unpaired) electrons. The van der Waals surface area contributed by atoms with Crippen molar-refractivity contribution in [1.82, 2.24) is 9.80 Å². The summed E-state index contributed by atoms with van der Waals surface area (Å²) in [5.41, 5.74) is 1.57. The van der Waals surface area contributed by atoms with Crippen molar-refractivity contribution < 1.29 is 24.2 Å². The topological polar surface area (TPSA) is 79.3 Å². The van der Waals surface area contributed by atoms with Crippen LogP contribution < -0.4 is 9.47 Å². The highest BCUT2D eigenvalue weighted by Gasteiger charge is 2.43. The number of aliphatic hydroxyl groups is 1. The summed E-state index contributed by atoms with van der Waals surface area (Å²) in [6, 6.07) is 13.9. The summed E-state index contributed by atoms with van der Waals surface area (Å²) in [5, 5.41) is 10.8. The van der Waals surface area contributed by atoms with Gasteiger partial charge in [-0.1, -0.05) is 56.3 Å². The molecule has 180 valence electrons. The van der Waals surface area contributed by atoms with E-state index in [9.17, 15) is 14.7 Å². The lowest BCUT2D eigenvalue weighted by Crippen LogP contribution is -2.38. The predicted octanol–water partition coefficient (Wildman–Crippen LogP) is 4.02. The molecule has 1 heterocycles. The molecule has 2 aromatic carbocycles. The van der Waals surface area contributed by atoms with E-state index in [4.69, 9.17) is 9.47 Å². The number of nitrogens with zero attached hydrogens (tertiary/aromatic N) is 2. The fraction of sp³-hybridized carbons (Fsp3) is 0.333. The summed E-state index contributed by atoms with van der Waals surface area (Å²) in [6.07, 6.45) is 3.08. The molecule has 0 aliphatic carbocycles. The molecule has 7 heteroatoms. The van der Waals surface area contributed by atoms with Gasteiger partial charge in [0.25, 0.3) is 5.91 Å². The van der Waals surface area contributed by atoms with E-state index in [0.29, 0.717) is 30.2 Å². The number of aliphatic hydroxyl groups excluding tert-OH is 1. The van der Waals surface area contributed by atoms with Gasteiger partial charge in [-0.05, 0) is 42.4 Å².